The van der Waals surface area contributed by atoms with E-state index in [0.29, 0.717) is 25.2 Å². The van der Waals surface area contributed by atoms with Gasteiger partial charge in [0, 0.05) is 11.6 Å². The summed E-state index contributed by atoms with van der Waals surface area (Å²) < 4.78 is 34.8. The number of ether oxygens (including phenoxy) is 1. The molecule has 0 radical (unpaired) electrons. The van der Waals surface area contributed by atoms with Crippen molar-refractivity contribution in [3.05, 3.63) is 63.6 Å². The zero-order valence-electron chi connectivity index (χ0n) is 15.3. The van der Waals surface area contributed by atoms with Crippen LogP contribution in [-0.2, 0) is 17.8 Å². The first kappa shape index (κ1) is 19.8. The van der Waals surface area contributed by atoms with Gasteiger partial charge in [-0.25, -0.2) is 13.6 Å². The molecule has 1 heterocycles. The molecular weight excluding hydrogens is 416 g/mol. The molecule has 0 spiro atoms. The summed E-state index contributed by atoms with van der Waals surface area (Å²) in [6, 6.07) is 10.1. The van der Waals surface area contributed by atoms with Gasteiger partial charge in [0.25, 0.3) is 0 Å². The lowest BCUT2D eigenvalue weighted by atomic mass is 9.90. The summed E-state index contributed by atoms with van der Waals surface area (Å²) in [4.78, 5) is 14.2. The van der Waals surface area contributed by atoms with Crippen molar-refractivity contribution >= 4 is 27.7 Å². The molecule has 1 amide bonds. The first-order valence-electron chi connectivity index (χ1n) is 9.04. The Morgan fingerprint density at radius 3 is 2.67 bits per heavy atom. The number of hydrogen-bond donors (Lipinski definition) is 0. The molecule has 0 aromatic heterocycles. The third kappa shape index (κ3) is 4.32. The maximum Gasteiger partial charge on any atom is 0.414 e. The van der Waals surface area contributed by atoms with E-state index >= 15 is 0 Å². The molecule has 6 heteroatoms. The number of anilines is 1. The van der Waals surface area contributed by atoms with Gasteiger partial charge >= 0.3 is 6.09 Å². The van der Waals surface area contributed by atoms with Gasteiger partial charge in [-0.05, 0) is 52.7 Å². The molecule has 2 aromatic rings. The molecule has 1 aliphatic rings. The van der Waals surface area contributed by atoms with Crippen LogP contribution in [0.2, 0.25) is 0 Å². The smallest absolute Gasteiger partial charge is 0.414 e. The third-order valence-corrected chi connectivity index (χ3v) is 5.30. The van der Waals surface area contributed by atoms with E-state index in [1.165, 1.54) is 4.90 Å². The predicted octanol–water partition coefficient (Wildman–Crippen LogP) is 6.23. The molecular formula is C21H22BrF2NO2. The summed E-state index contributed by atoms with van der Waals surface area (Å²) in [5, 5.41) is 0. The maximum absolute atomic E-state index is 14.8. The third-order valence-electron chi connectivity index (χ3n) is 4.72. The molecule has 1 atom stereocenters. The van der Waals surface area contributed by atoms with Crippen molar-refractivity contribution in [2.75, 3.05) is 4.90 Å². The molecule has 0 aliphatic carbocycles. The normalized spacial score (nSPS) is 16.4. The Balaban J connectivity index is 1.93. The molecule has 0 saturated carbocycles. The molecule has 3 rings (SSSR count). The number of fused-ring (bicyclic) bond motifs is 1. The van der Waals surface area contributed by atoms with Crippen molar-refractivity contribution in [3.8, 4) is 0 Å². The van der Waals surface area contributed by atoms with Crippen LogP contribution in [0.4, 0.5) is 19.3 Å². The molecule has 1 unspecified atom stereocenters. The van der Waals surface area contributed by atoms with Crippen LogP contribution < -0.4 is 4.90 Å². The number of benzene rings is 2. The van der Waals surface area contributed by atoms with E-state index in [1.807, 2.05) is 44.2 Å². The van der Waals surface area contributed by atoms with Crippen molar-refractivity contribution < 1.29 is 18.3 Å². The van der Waals surface area contributed by atoms with Crippen LogP contribution in [-0.4, -0.2) is 12.1 Å². The minimum Gasteiger partial charge on any atom is -0.444 e. The predicted molar refractivity (Wildman–Crippen MR) is 105 cm³/mol. The molecule has 2 aromatic carbocycles. The second-order valence-electron chi connectivity index (χ2n) is 7.21. The summed E-state index contributed by atoms with van der Waals surface area (Å²) >= 11 is 3.05. The van der Waals surface area contributed by atoms with E-state index in [1.54, 1.807) is 0 Å². The van der Waals surface area contributed by atoms with Crippen LogP contribution >= 0.6 is 15.9 Å². The van der Waals surface area contributed by atoms with Gasteiger partial charge in [0.15, 0.2) is 0 Å². The van der Waals surface area contributed by atoms with Gasteiger partial charge in [0.1, 0.15) is 18.2 Å². The van der Waals surface area contributed by atoms with Gasteiger partial charge in [-0.2, -0.15) is 0 Å². The number of halogens is 3. The average Bonchev–Trinajstić information content (AvgIpc) is 2.64. The highest BCUT2D eigenvalue weighted by atomic mass is 79.9. The summed E-state index contributed by atoms with van der Waals surface area (Å²) in [7, 11) is 0. The number of carbonyl (C=O) groups excluding carboxylic acids is 1. The second-order valence-corrected chi connectivity index (χ2v) is 8.07. The monoisotopic (exact) mass is 437 g/mol. The summed E-state index contributed by atoms with van der Waals surface area (Å²) in [6.07, 6.45) is 0.998. The molecule has 3 nitrogen and oxygen atoms in total. The van der Waals surface area contributed by atoms with E-state index in [4.69, 9.17) is 4.74 Å². The maximum atomic E-state index is 14.8. The number of rotatable bonds is 4. The van der Waals surface area contributed by atoms with Gasteiger partial charge < -0.3 is 4.74 Å². The van der Waals surface area contributed by atoms with Crippen LogP contribution in [0.3, 0.4) is 0 Å². The highest BCUT2D eigenvalue weighted by Crippen LogP contribution is 2.39. The van der Waals surface area contributed by atoms with Crippen molar-refractivity contribution in [2.45, 2.75) is 45.8 Å². The lowest BCUT2D eigenvalue weighted by Gasteiger charge is -2.37. The van der Waals surface area contributed by atoms with Crippen LogP contribution in [0.1, 0.15) is 37.8 Å². The Bertz CT molecular complexity index is 827. The van der Waals surface area contributed by atoms with E-state index < -0.39 is 17.7 Å². The fourth-order valence-electron chi connectivity index (χ4n) is 3.54. The summed E-state index contributed by atoms with van der Waals surface area (Å²) in [5.74, 6) is -0.831. The standard InChI is InChI=1S/C21H22BrF2NO2/c1-13(2)10-15-8-9-16-19(24)17(22)11-18(23)20(16)25(15)21(26)27-12-14-6-4-3-5-7-14/h3-7,11,13,15H,8-10,12H2,1-2H3. The Hall–Kier alpha value is -1.95. The molecule has 0 N–H and O–H groups in total. The quantitative estimate of drug-likeness (QED) is 0.530. The summed E-state index contributed by atoms with van der Waals surface area (Å²) in [6.45, 7) is 4.17. The SMILES string of the molecule is CC(C)CC1CCc2c(F)c(Br)cc(F)c2N1C(=O)OCc1ccccc1. The average molecular weight is 438 g/mol. The van der Waals surface area contributed by atoms with E-state index in [0.717, 1.165) is 11.6 Å². The largest absolute Gasteiger partial charge is 0.444 e. The highest BCUT2D eigenvalue weighted by Gasteiger charge is 2.37. The molecule has 27 heavy (non-hydrogen) atoms. The van der Waals surface area contributed by atoms with Crippen LogP contribution in [0.25, 0.3) is 0 Å². The molecule has 0 bridgehead atoms. The number of hydrogen-bond acceptors (Lipinski definition) is 2. The van der Waals surface area contributed by atoms with Crippen molar-refractivity contribution in [2.24, 2.45) is 5.92 Å². The Labute approximate surface area is 166 Å². The first-order chi connectivity index (χ1) is 12.9. The van der Waals surface area contributed by atoms with Crippen molar-refractivity contribution in [1.82, 2.24) is 0 Å². The summed E-state index contributed by atoms with van der Waals surface area (Å²) in [5.41, 5.74) is 1.06. The zero-order valence-corrected chi connectivity index (χ0v) is 16.9. The molecule has 144 valence electrons. The Morgan fingerprint density at radius 2 is 2.00 bits per heavy atom. The fourth-order valence-corrected chi connectivity index (χ4v) is 3.98. The number of nitrogens with zero attached hydrogens (tertiary/aromatic N) is 1. The van der Waals surface area contributed by atoms with E-state index in [2.05, 4.69) is 15.9 Å². The first-order valence-corrected chi connectivity index (χ1v) is 9.84. The van der Waals surface area contributed by atoms with Crippen LogP contribution in [0.15, 0.2) is 40.9 Å². The fraction of sp³-hybridized carbons (Fsp3) is 0.381. The topological polar surface area (TPSA) is 29.5 Å². The number of amides is 1. The zero-order chi connectivity index (χ0) is 19.6. The van der Waals surface area contributed by atoms with E-state index in [-0.39, 0.29) is 28.4 Å². The van der Waals surface area contributed by atoms with Gasteiger partial charge in [-0.1, -0.05) is 44.2 Å². The Morgan fingerprint density at radius 1 is 1.30 bits per heavy atom. The lowest BCUT2D eigenvalue weighted by Crippen LogP contribution is -2.45. The highest BCUT2D eigenvalue weighted by molar-refractivity contribution is 9.10. The Kier molecular flexibility index (Phi) is 6.15. The minimum atomic E-state index is -0.647. The van der Waals surface area contributed by atoms with Crippen molar-refractivity contribution in [3.63, 3.8) is 0 Å². The minimum absolute atomic E-state index is 0.00524. The van der Waals surface area contributed by atoms with Gasteiger partial charge in [-0.3, -0.25) is 4.90 Å². The van der Waals surface area contributed by atoms with Crippen LogP contribution in [0.5, 0.6) is 0 Å². The van der Waals surface area contributed by atoms with Gasteiger partial charge in [0.2, 0.25) is 0 Å². The van der Waals surface area contributed by atoms with Crippen molar-refractivity contribution in [1.29, 1.82) is 0 Å². The molecule has 0 fully saturated rings. The van der Waals surface area contributed by atoms with Gasteiger partial charge in [0.05, 0.1) is 10.2 Å². The molecule has 1 aliphatic heterocycles. The van der Waals surface area contributed by atoms with E-state index in [9.17, 15) is 13.6 Å². The molecule has 0 saturated heterocycles. The van der Waals surface area contributed by atoms with Crippen LogP contribution in [0, 0.1) is 17.6 Å². The van der Waals surface area contributed by atoms with Gasteiger partial charge in [-0.15, -0.1) is 0 Å². The number of carbonyl (C=O) groups is 1. The lowest BCUT2D eigenvalue weighted by molar-refractivity contribution is 0.142. The second kappa shape index (κ2) is 8.38.